The molecule has 4 nitrogen and oxygen atoms in total. The number of amides is 1. The summed E-state index contributed by atoms with van der Waals surface area (Å²) < 4.78 is 18.8. The van der Waals surface area contributed by atoms with Crippen LogP contribution in [-0.4, -0.2) is 18.0 Å². The molecule has 0 bridgehead atoms. The van der Waals surface area contributed by atoms with Gasteiger partial charge in [0.1, 0.15) is 16.6 Å². The number of ether oxygens (including phenoxy) is 1. The van der Waals surface area contributed by atoms with Gasteiger partial charge in [-0.25, -0.2) is 9.37 Å². The highest BCUT2D eigenvalue weighted by molar-refractivity contribution is 7.10. The Morgan fingerprint density at radius 1 is 1.24 bits per heavy atom. The van der Waals surface area contributed by atoms with Crippen molar-refractivity contribution in [2.75, 3.05) is 7.11 Å². The number of nitrogens with zero attached hydrogens (tertiary/aromatic N) is 1. The van der Waals surface area contributed by atoms with Crippen molar-refractivity contribution in [1.29, 1.82) is 0 Å². The zero-order valence-corrected chi connectivity index (χ0v) is 14.5. The van der Waals surface area contributed by atoms with Crippen molar-refractivity contribution in [3.8, 4) is 17.0 Å². The van der Waals surface area contributed by atoms with Gasteiger partial charge >= 0.3 is 0 Å². The molecule has 25 heavy (non-hydrogen) atoms. The van der Waals surface area contributed by atoms with Crippen LogP contribution in [-0.2, 0) is 17.8 Å². The minimum absolute atomic E-state index is 0.101. The van der Waals surface area contributed by atoms with Crippen LogP contribution in [0.15, 0.2) is 53.9 Å². The van der Waals surface area contributed by atoms with E-state index in [-0.39, 0.29) is 18.1 Å². The molecule has 0 aliphatic rings. The van der Waals surface area contributed by atoms with Crippen molar-refractivity contribution >= 4 is 17.2 Å². The average Bonchev–Trinajstić information content (AvgIpc) is 3.09. The second-order valence-electron chi connectivity index (χ2n) is 5.41. The summed E-state index contributed by atoms with van der Waals surface area (Å²) in [7, 11) is 1.53. The molecular weight excluding hydrogens is 339 g/mol. The van der Waals surface area contributed by atoms with E-state index in [1.165, 1.54) is 30.6 Å². The normalized spacial score (nSPS) is 10.5. The van der Waals surface area contributed by atoms with E-state index in [9.17, 15) is 9.18 Å². The van der Waals surface area contributed by atoms with E-state index < -0.39 is 0 Å². The van der Waals surface area contributed by atoms with Crippen LogP contribution in [0, 0.1) is 5.82 Å². The maximum Gasteiger partial charge on any atom is 0.227 e. The molecule has 0 fully saturated rings. The molecule has 3 aromatic rings. The first-order valence-electron chi connectivity index (χ1n) is 7.74. The molecule has 128 valence electrons. The highest BCUT2D eigenvalue weighted by atomic mass is 32.1. The lowest BCUT2D eigenvalue weighted by atomic mass is 10.1. The van der Waals surface area contributed by atoms with Crippen molar-refractivity contribution < 1.29 is 13.9 Å². The maximum absolute atomic E-state index is 13.5. The number of hydrogen-bond donors (Lipinski definition) is 1. The Balaban J connectivity index is 1.65. The van der Waals surface area contributed by atoms with Crippen LogP contribution in [0.2, 0.25) is 0 Å². The summed E-state index contributed by atoms with van der Waals surface area (Å²) in [5.74, 6) is 0.0914. The van der Waals surface area contributed by atoms with Gasteiger partial charge in [0.25, 0.3) is 0 Å². The molecule has 0 saturated heterocycles. The molecule has 1 heterocycles. The largest absolute Gasteiger partial charge is 0.496 e. The van der Waals surface area contributed by atoms with Crippen LogP contribution in [0.5, 0.6) is 5.75 Å². The summed E-state index contributed by atoms with van der Waals surface area (Å²) in [4.78, 5) is 16.5. The Morgan fingerprint density at radius 2 is 2.04 bits per heavy atom. The number of aromatic nitrogens is 1. The Labute approximate surface area is 149 Å². The van der Waals surface area contributed by atoms with Crippen LogP contribution in [0.1, 0.15) is 10.6 Å². The Bertz CT molecular complexity index is 865. The molecule has 0 spiro atoms. The van der Waals surface area contributed by atoms with Gasteiger partial charge in [-0.3, -0.25) is 4.79 Å². The second-order valence-corrected chi connectivity index (χ2v) is 6.35. The van der Waals surface area contributed by atoms with Crippen LogP contribution < -0.4 is 10.1 Å². The number of methoxy groups -OCH3 is 1. The number of nitrogens with one attached hydrogen (secondary N) is 1. The second kappa shape index (κ2) is 7.90. The molecule has 0 atom stereocenters. The molecule has 2 aromatic carbocycles. The highest BCUT2D eigenvalue weighted by Crippen LogP contribution is 2.31. The van der Waals surface area contributed by atoms with Gasteiger partial charge in [0, 0.05) is 17.5 Å². The number of hydrogen-bond acceptors (Lipinski definition) is 4. The fraction of sp³-hybridized carbons (Fsp3) is 0.158. The molecule has 0 aliphatic carbocycles. The molecule has 1 N–H and O–H groups in total. The van der Waals surface area contributed by atoms with Crippen molar-refractivity contribution in [1.82, 2.24) is 10.3 Å². The average molecular weight is 356 g/mol. The fourth-order valence-electron chi connectivity index (χ4n) is 2.39. The van der Waals surface area contributed by atoms with Gasteiger partial charge in [0.05, 0.1) is 19.2 Å². The summed E-state index contributed by atoms with van der Waals surface area (Å²) in [6.07, 6.45) is 0.190. The van der Waals surface area contributed by atoms with E-state index in [1.807, 2.05) is 30.3 Å². The van der Waals surface area contributed by atoms with Crippen LogP contribution in [0.4, 0.5) is 4.39 Å². The summed E-state index contributed by atoms with van der Waals surface area (Å²) in [5, 5.41) is 5.35. The number of carbonyl (C=O) groups excluding carboxylic acids is 1. The van der Waals surface area contributed by atoms with Gasteiger partial charge in [0.2, 0.25) is 5.91 Å². The number of carbonyl (C=O) groups is 1. The Kier molecular flexibility index (Phi) is 5.40. The smallest absolute Gasteiger partial charge is 0.227 e. The van der Waals surface area contributed by atoms with E-state index in [4.69, 9.17) is 4.74 Å². The van der Waals surface area contributed by atoms with Gasteiger partial charge in [-0.1, -0.05) is 30.3 Å². The third-order valence-corrected chi connectivity index (χ3v) is 4.48. The lowest BCUT2D eigenvalue weighted by Gasteiger charge is -2.06. The SMILES string of the molecule is COc1ccc(F)cc1-c1csc(CC(=O)NCc2ccccc2)n1. The Morgan fingerprint density at radius 3 is 2.80 bits per heavy atom. The lowest BCUT2D eigenvalue weighted by Crippen LogP contribution is -2.24. The van der Waals surface area contributed by atoms with E-state index in [2.05, 4.69) is 10.3 Å². The molecule has 3 rings (SSSR count). The van der Waals surface area contributed by atoms with Gasteiger partial charge < -0.3 is 10.1 Å². The van der Waals surface area contributed by atoms with E-state index >= 15 is 0 Å². The van der Waals surface area contributed by atoms with E-state index in [0.29, 0.717) is 28.6 Å². The zero-order valence-electron chi connectivity index (χ0n) is 13.7. The molecule has 6 heteroatoms. The minimum Gasteiger partial charge on any atom is -0.496 e. The van der Waals surface area contributed by atoms with Gasteiger partial charge in [-0.2, -0.15) is 0 Å². The number of thiazole rings is 1. The van der Waals surface area contributed by atoms with Crippen LogP contribution in [0.3, 0.4) is 0 Å². The number of benzene rings is 2. The lowest BCUT2D eigenvalue weighted by molar-refractivity contribution is -0.120. The predicted octanol–water partition coefficient (Wildman–Crippen LogP) is 3.82. The molecular formula is C19H17FN2O2S. The first-order valence-corrected chi connectivity index (χ1v) is 8.62. The van der Waals surface area contributed by atoms with Crippen LogP contribution >= 0.6 is 11.3 Å². The zero-order chi connectivity index (χ0) is 17.6. The van der Waals surface area contributed by atoms with Crippen molar-refractivity contribution in [2.24, 2.45) is 0 Å². The molecule has 0 saturated carbocycles. The first kappa shape index (κ1) is 17.1. The van der Waals surface area contributed by atoms with Gasteiger partial charge in [0.15, 0.2) is 0 Å². The molecule has 1 aromatic heterocycles. The predicted molar refractivity (Wildman–Crippen MR) is 96.1 cm³/mol. The third kappa shape index (κ3) is 4.42. The number of rotatable bonds is 6. The summed E-state index contributed by atoms with van der Waals surface area (Å²) in [5.41, 5.74) is 2.22. The molecule has 0 unspecified atom stereocenters. The van der Waals surface area contributed by atoms with E-state index in [1.54, 1.807) is 11.4 Å². The summed E-state index contributed by atoms with van der Waals surface area (Å²) >= 11 is 1.37. The summed E-state index contributed by atoms with van der Waals surface area (Å²) in [6.45, 7) is 0.482. The third-order valence-electron chi connectivity index (χ3n) is 3.63. The standard InChI is InChI=1S/C19H17FN2O2S/c1-24-17-8-7-14(20)9-15(17)16-12-25-19(22-16)10-18(23)21-11-13-5-3-2-4-6-13/h2-9,12H,10-11H2,1H3,(H,21,23). The van der Waals surface area contributed by atoms with Crippen molar-refractivity contribution in [2.45, 2.75) is 13.0 Å². The molecule has 0 radical (unpaired) electrons. The Hall–Kier alpha value is -2.73. The van der Waals surface area contributed by atoms with Gasteiger partial charge in [-0.15, -0.1) is 11.3 Å². The molecule has 1 amide bonds. The van der Waals surface area contributed by atoms with Crippen LogP contribution in [0.25, 0.3) is 11.3 Å². The highest BCUT2D eigenvalue weighted by Gasteiger charge is 2.13. The van der Waals surface area contributed by atoms with Gasteiger partial charge in [-0.05, 0) is 23.8 Å². The van der Waals surface area contributed by atoms with Crippen molar-refractivity contribution in [3.63, 3.8) is 0 Å². The maximum atomic E-state index is 13.5. The topological polar surface area (TPSA) is 51.2 Å². The monoisotopic (exact) mass is 356 g/mol. The molecule has 0 aliphatic heterocycles. The van der Waals surface area contributed by atoms with E-state index in [0.717, 1.165) is 5.56 Å². The first-order chi connectivity index (χ1) is 12.2. The quantitative estimate of drug-likeness (QED) is 0.731. The minimum atomic E-state index is -0.356. The number of halogens is 1. The van der Waals surface area contributed by atoms with Crippen molar-refractivity contribution in [3.05, 3.63) is 70.3 Å². The summed E-state index contributed by atoms with van der Waals surface area (Å²) in [6, 6.07) is 14.0. The fourth-order valence-corrected chi connectivity index (χ4v) is 3.19.